The van der Waals surface area contributed by atoms with Crippen LogP contribution in [-0.4, -0.2) is 37.2 Å². The summed E-state index contributed by atoms with van der Waals surface area (Å²) in [5.74, 6) is 0.352. The third-order valence-electron chi connectivity index (χ3n) is 5.69. The number of benzene rings is 2. The lowest BCUT2D eigenvalue weighted by Gasteiger charge is -2.20. The first-order valence-corrected chi connectivity index (χ1v) is 13.7. The van der Waals surface area contributed by atoms with Gasteiger partial charge in [0.1, 0.15) is 11.3 Å². The summed E-state index contributed by atoms with van der Waals surface area (Å²) in [6.45, 7) is 4.19. The minimum Gasteiger partial charge on any atom is -0.494 e. The number of hydrogen-bond donors (Lipinski definition) is 0. The van der Waals surface area contributed by atoms with Crippen LogP contribution in [-0.2, 0) is 21.2 Å². The Hall–Kier alpha value is -3.30. The highest BCUT2D eigenvalue weighted by atomic mass is 32.2. The number of nitrogens with zero attached hydrogens (tertiary/aromatic N) is 3. The molecule has 0 aliphatic rings. The van der Waals surface area contributed by atoms with Gasteiger partial charge in [0.15, 0.2) is 15.0 Å². The van der Waals surface area contributed by atoms with E-state index in [0.717, 1.165) is 21.4 Å². The first kappa shape index (κ1) is 24.8. The van der Waals surface area contributed by atoms with Gasteiger partial charge >= 0.3 is 0 Å². The lowest BCUT2D eigenvalue weighted by atomic mass is 10.2. The van der Waals surface area contributed by atoms with E-state index < -0.39 is 9.84 Å². The molecule has 0 atom stereocenters. The summed E-state index contributed by atoms with van der Waals surface area (Å²) in [4.78, 5) is 24.2. The monoisotopic (exact) mass is 509 g/mol. The molecule has 0 spiro atoms. The van der Waals surface area contributed by atoms with Crippen LogP contribution >= 0.6 is 11.3 Å². The zero-order chi connectivity index (χ0) is 25.0. The maximum atomic E-state index is 13.4. The van der Waals surface area contributed by atoms with Gasteiger partial charge in [0, 0.05) is 18.8 Å². The maximum Gasteiger partial charge on any atom is 0.229 e. The molecule has 2 aromatic heterocycles. The van der Waals surface area contributed by atoms with Crippen LogP contribution in [0.4, 0.5) is 5.13 Å². The van der Waals surface area contributed by atoms with Crippen molar-refractivity contribution < 1.29 is 17.9 Å². The third kappa shape index (κ3) is 5.68. The molecule has 1 amide bonds. The summed E-state index contributed by atoms with van der Waals surface area (Å²) in [5, 5.41) is 0.544. The van der Waals surface area contributed by atoms with Crippen molar-refractivity contribution in [3.63, 3.8) is 0 Å². The van der Waals surface area contributed by atoms with E-state index in [1.54, 1.807) is 48.7 Å². The molecular weight excluding hydrogens is 482 g/mol. The minimum atomic E-state index is -3.47. The molecule has 7 nitrogen and oxygen atoms in total. The molecule has 0 aliphatic heterocycles. The van der Waals surface area contributed by atoms with Gasteiger partial charge in [-0.05, 0) is 55.7 Å². The summed E-state index contributed by atoms with van der Waals surface area (Å²) in [7, 11) is -1.87. The largest absolute Gasteiger partial charge is 0.494 e. The Bertz CT molecular complexity index is 1430. The van der Waals surface area contributed by atoms with Crippen molar-refractivity contribution in [1.29, 1.82) is 0 Å². The van der Waals surface area contributed by atoms with E-state index in [9.17, 15) is 13.2 Å². The van der Waals surface area contributed by atoms with Crippen LogP contribution in [0.15, 0.2) is 65.8 Å². The number of ether oxygens (including phenoxy) is 1. The number of thiazole rings is 1. The average Bonchev–Trinajstić information content (AvgIpc) is 3.30. The van der Waals surface area contributed by atoms with E-state index >= 15 is 0 Å². The van der Waals surface area contributed by atoms with E-state index in [2.05, 4.69) is 4.98 Å². The molecule has 2 heterocycles. The van der Waals surface area contributed by atoms with E-state index in [0.29, 0.717) is 22.9 Å². The predicted molar refractivity (Wildman–Crippen MR) is 139 cm³/mol. The van der Waals surface area contributed by atoms with Gasteiger partial charge in [-0.3, -0.25) is 14.7 Å². The summed E-state index contributed by atoms with van der Waals surface area (Å²) in [6.07, 6.45) is 3.68. The Morgan fingerprint density at radius 1 is 1.09 bits per heavy atom. The Kier molecular flexibility index (Phi) is 7.47. The number of rotatable bonds is 9. The molecule has 0 unspecified atom stereocenters. The number of hydrogen-bond acceptors (Lipinski definition) is 7. The predicted octanol–water partition coefficient (Wildman–Crippen LogP) is 5.10. The van der Waals surface area contributed by atoms with Gasteiger partial charge < -0.3 is 4.74 Å². The molecule has 2 aromatic carbocycles. The van der Waals surface area contributed by atoms with Crippen LogP contribution in [0.3, 0.4) is 0 Å². The van der Waals surface area contributed by atoms with E-state index in [-0.39, 0.29) is 29.4 Å². The third-order valence-corrected chi connectivity index (χ3v) is 8.72. The van der Waals surface area contributed by atoms with E-state index in [4.69, 9.17) is 9.72 Å². The summed E-state index contributed by atoms with van der Waals surface area (Å²) in [5.41, 5.74) is 3.60. The van der Waals surface area contributed by atoms with Gasteiger partial charge in [-0.15, -0.1) is 0 Å². The molecule has 4 aromatic rings. The van der Waals surface area contributed by atoms with Crippen LogP contribution in [0.1, 0.15) is 29.5 Å². The Morgan fingerprint density at radius 3 is 2.54 bits per heavy atom. The average molecular weight is 510 g/mol. The summed E-state index contributed by atoms with van der Waals surface area (Å²) in [6, 6.07) is 14.3. The first-order valence-electron chi connectivity index (χ1n) is 11.2. The molecule has 0 N–H and O–H groups in total. The molecule has 0 bridgehead atoms. The number of aryl methyl sites for hydroxylation is 2. The second-order valence-corrected chi connectivity index (χ2v) is 11.4. The number of aromatic nitrogens is 2. The van der Waals surface area contributed by atoms with E-state index in [1.807, 2.05) is 38.1 Å². The van der Waals surface area contributed by atoms with Crippen LogP contribution in [0.25, 0.3) is 10.2 Å². The molecule has 0 saturated carbocycles. The van der Waals surface area contributed by atoms with Crippen molar-refractivity contribution in [3.8, 4) is 5.75 Å². The number of amides is 1. The highest BCUT2D eigenvalue weighted by molar-refractivity contribution is 7.91. The van der Waals surface area contributed by atoms with Crippen molar-refractivity contribution in [3.05, 3.63) is 77.6 Å². The zero-order valence-corrected chi connectivity index (χ0v) is 21.5. The Balaban J connectivity index is 1.57. The zero-order valence-electron chi connectivity index (χ0n) is 19.9. The van der Waals surface area contributed by atoms with Crippen LogP contribution in [0.2, 0.25) is 0 Å². The lowest BCUT2D eigenvalue weighted by Crippen LogP contribution is -2.30. The molecule has 9 heteroatoms. The van der Waals surface area contributed by atoms with Crippen LogP contribution in [0.5, 0.6) is 5.75 Å². The van der Waals surface area contributed by atoms with Crippen molar-refractivity contribution in [2.45, 2.75) is 38.1 Å². The van der Waals surface area contributed by atoms with Crippen LogP contribution in [0, 0.1) is 13.8 Å². The number of fused-ring (bicyclic) bond motifs is 1. The van der Waals surface area contributed by atoms with Gasteiger partial charge in [0.25, 0.3) is 0 Å². The fourth-order valence-corrected chi connectivity index (χ4v) is 6.11. The van der Waals surface area contributed by atoms with Gasteiger partial charge in [0.2, 0.25) is 5.91 Å². The second-order valence-electron chi connectivity index (χ2n) is 8.34. The van der Waals surface area contributed by atoms with Crippen LogP contribution < -0.4 is 9.64 Å². The van der Waals surface area contributed by atoms with Gasteiger partial charge in [-0.1, -0.05) is 41.2 Å². The van der Waals surface area contributed by atoms with Gasteiger partial charge in [-0.2, -0.15) is 0 Å². The molecule has 35 heavy (non-hydrogen) atoms. The fraction of sp³-hybridized carbons (Fsp3) is 0.269. The Labute approximate surface area is 209 Å². The normalized spacial score (nSPS) is 11.5. The number of methoxy groups -OCH3 is 1. The van der Waals surface area contributed by atoms with Gasteiger partial charge in [0.05, 0.1) is 29.0 Å². The highest BCUT2D eigenvalue weighted by Crippen LogP contribution is 2.37. The quantitative estimate of drug-likeness (QED) is 0.312. The number of pyridine rings is 1. The SMILES string of the molecule is COc1ccc(C)c2sc(N(Cc3cccnc3)C(=O)CCCS(=O)(=O)c3ccc(C)cc3)nc12. The van der Waals surface area contributed by atoms with Crippen molar-refractivity contribution in [1.82, 2.24) is 9.97 Å². The molecule has 0 radical (unpaired) electrons. The number of anilines is 1. The Morgan fingerprint density at radius 2 is 1.86 bits per heavy atom. The molecule has 0 aliphatic carbocycles. The lowest BCUT2D eigenvalue weighted by molar-refractivity contribution is -0.118. The molecule has 182 valence electrons. The molecule has 0 fully saturated rings. The summed E-state index contributed by atoms with van der Waals surface area (Å²) >= 11 is 1.42. The smallest absolute Gasteiger partial charge is 0.229 e. The van der Waals surface area contributed by atoms with Crippen molar-refractivity contribution in [2.75, 3.05) is 17.8 Å². The van der Waals surface area contributed by atoms with E-state index in [1.165, 1.54) is 11.3 Å². The number of carbonyl (C=O) groups excluding carboxylic acids is 1. The number of sulfone groups is 1. The molecule has 4 rings (SSSR count). The number of carbonyl (C=O) groups is 1. The van der Waals surface area contributed by atoms with Crippen molar-refractivity contribution >= 4 is 42.4 Å². The second kappa shape index (κ2) is 10.5. The first-order chi connectivity index (χ1) is 16.8. The summed E-state index contributed by atoms with van der Waals surface area (Å²) < 4.78 is 31.9. The fourth-order valence-electron chi connectivity index (χ4n) is 3.73. The standard InChI is InChI=1S/C26H27N3O4S2/c1-18-8-11-21(12-9-18)35(31,32)15-5-7-23(30)29(17-20-6-4-14-27-16-20)26-28-24-22(33-3)13-10-19(2)25(24)34-26/h4,6,8-14,16H,5,7,15,17H2,1-3H3. The molecule has 0 saturated heterocycles. The topological polar surface area (TPSA) is 89.5 Å². The minimum absolute atomic E-state index is 0.0807. The van der Waals surface area contributed by atoms with Gasteiger partial charge in [-0.25, -0.2) is 13.4 Å². The maximum absolute atomic E-state index is 13.4. The van der Waals surface area contributed by atoms with Crippen molar-refractivity contribution in [2.24, 2.45) is 0 Å². The highest BCUT2D eigenvalue weighted by Gasteiger charge is 2.23. The molecular formula is C26H27N3O4S2.